The van der Waals surface area contributed by atoms with Crippen molar-refractivity contribution in [3.8, 4) is 0 Å². The smallest absolute Gasteiger partial charge is 0.262 e. The Bertz CT molecular complexity index is 1210. The average molecular weight is 356 g/mol. The highest BCUT2D eigenvalue weighted by molar-refractivity contribution is 5.88. The van der Waals surface area contributed by atoms with Crippen LogP contribution in [0.4, 0.5) is 11.6 Å². The summed E-state index contributed by atoms with van der Waals surface area (Å²) in [6, 6.07) is 13.6. The highest BCUT2D eigenvalue weighted by atomic mass is 16.3. The van der Waals surface area contributed by atoms with E-state index in [-0.39, 0.29) is 5.56 Å². The quantitative estimate of drug-likeness (QED) is 0.605. The van der Waals surface area contributed by atoms with Crippen molar-refractivity contribution < 1.29 is 4.42 Å². The van der Waals surface area contributed by atoms with E-state index >= 15 is 0 Å². The molecular weight excluding hydrogens is 340 g/mol. The molecule has 0 saturated heterocycles. The van der Waals surface area contributed by atoms with Crippen LogP contribution < -0.4 is 10.5 Å². The number of furan rings is 1. The molecule has 27 heavy (non-hydrogen) atoms. The van der Waals surface area contributed by atoms with Crippen LogP contribution in [0.25, 0.3) is 23.2 Å². The third-order valence-corrected chi connectivity index (χ3v) is 4.74. The van der Waals surface area contributed by atoms with E-state index in [0.29, 0.717) is 17.0 Å². The number of nitrogens with zero attached hydrogens (tertiary/aromatic N) is 3. The highest BCUT2D eigenvalue weighted by Crippen LogP contribution is 2.32. The number of aromatic amines is 1. The molecule has 0 amide bonds. The van der Waals surface area contributed by atoms with Gasteiger partial charge in [-0.05, 0) is 47.9 Å². The summed E-state index contributed by atoms with van der Waals surface area (Å²) in [5, 5.41) is 0.469. The van der Waals surface area contributed by atoms with Crippen molar-refractivity contribution in [2.24, 2.45) is 0 Å². The molecule has 0 aliphatic carbocycles. The summed E-state index contributed by atoms with van der Waals surface area (Å²) >= 11 is 0. The maximum atomic E-state index is 12.8. The lowest BCUT2D eigenvalue weighted by atomic mass is 10.1. The van der Waals surface area contributed by atoms with Crippen LogP contribution in [0, 0.1) is 0 Å². The molecular formula is C21H16N4O2. The average Bonchev–Trinajstić information content (AvgIpc) is 3.35. The lowest BCUT2D eigenvalue weighted by molar-refractivity contribution is 0.557. The van der Waals surface area contributed by atoms with Gasteiger partial charge in [0.1, 0.15) is 5.76 Å². The number of benzene rings is 1. The van der Waals surface area contributed by atoms with E-state index in [4.69, 9.17) is 4.42 Å². The molecule has 1 aromatic carbocycles. The van der Waals surface area contributed by atoms with E-state index in [1.807, 2.05) is 47.4 Å². The standard InChI is InChI=1S/C21H16N4O2/c26-20-18-15(7-8-16-5-3-13-27-16)9-11-22-19(18)23-21(24-20)25-12-10-14-4-1-2-6-17(14)25/h1-9,11,13H,10,12H2,(H,22,23,24,26)/b8-7+. The Morgan fingerprint density at radius 1 is 1.11 bits per heavy atom. The summed E-state index contributed by atoms with van der Waals surface area (Å²) < 4.78 is 5.31. The fourth-order valence-corrected chi connectivity index (χ4v) is 3.46. The van der Waals surface area contributed by atoms with Gasteiger partial charge < -0.3 is 9.32 Å². The lowest BCUT2D eigenvalue weighted by Crippen LogP contribution is -2.21. The Morgan fingerprint density at radius 2 is 2.04 bits per heavy atom. The zero-order valence-corrected chi connectivity index (χ0v) is 14.4. The Kier molecular flexibility index (Phi) is 3.60. The molecule has 0 atom stereocenters. The number of anilines is 2. The predicted octanol–water partition coefficient (Wildman–Crippen LogP) is 3.78. The maximum absolute atomic E-state index is 12.8. The van der Waals surface area contributed by atoms with Gasteiger partial charge in [0.2, 0.25) is 5.95 Å². The number of rotatable bonds is 3. The van der Waals surface area contributed by atoms with Crippen molar-refractivity contribution in [1.29, 1.82) is 0 Å². The van der Waals surface area contributed by atoms with E-state index in [9.17, 15) is 4.79 Å². The predicted molar refractivity (Wildman–Crippen MR) is 105 cm³/mol. The summed E-state index contributed by atoms with van der Waals surface area (Å²) in [7, 11) is 0. The summed E-state index contributed by atoms with van der Waals surface area (Å²) in [5.41, 5.74) is 3.31. The van der Waals surface area contributed by atoms with Crippen molar-refractivity contribution >= 4 is 34.8 Å². The van der Waals surface area contributed by atoms with Crippen LogP contribution in [0.5, 0.6) is 0 Å². The fourth-order valence-electron chi connectivity index (χ4n) is 3.46. The highest BCUT2D eigenvalue weighted by Gasteiger charge is 2.22. The molecule has 0 unspecified atom stereocenters. The van der Waals surface area contributed by atoms with Crippen LogP contribution in [-0.2, 0) is 6.42 Å². The molecule has 0 fully saturated rings. The Labute approximate surface area is 154 Å². The van der Waals surface area contributed by atoms with E-state index in [1.54, 1.807) is 18.5 Å². The van der Waals surface area contributed by atoms with Crippen molar-refractivity contribution in [2.75, 3.05) is 11.4 Å². The number of H-pyrrole nitrogens is 1. The van der Waals surface area contributed by atoms with Gasteiger partial charge >= 0.3 is 0 Å². The normalized spacial score (nSPS) is 13.6. The Balaban J connectivity index is 1.60. The van der Waals surface area contributed by atoms with Crippen LogP contribution in [0.15, 0.2) is 64.1 Å². The summed E-state index contributed by atoms with van der Waals surface area (Å²) in [6.07, 6.45) is 7.86. The summed E-state index contributed by atoms with van der Waals surface area (Å²) in [4.78, 5) is 26.7. The van der Waals surface area contributed by atoms with Crippen LogP contribution in [0.2, 0.25) is 0 Å². The second kappa shape index (κ2) is 6.25. The van der Waals surface area contributed by atoms with Crippen molar-refractivity contribution in [2.45, 2.75) is 6.42 Å². The number of pyridine rings is 1. The number of para-hydroxylation sites is 1. The second-order valence-corrected chi connectivity index (χ2v) is 6.37. The van der Waals surface area contributed by atoms with Gasteiger partial charge in [-0.2, -0.15) is 4.98 Å². The SMILES string of the molecule is O=c1[nH]c(N2CCc3ccccc32)nc2nccc(/C=C/c3ccco3)c12. The van der Waals surface area contributed by atoms with E-state index in [1.165, 1.54) is 5.56 Å². The summed E-state index contributed by atoms with van der Waals surface area (Å²) in [5.74, 6) is 1.24. The van der Waals surface area contributed by atoms with Crippen LogP contribution in [0.1, 0.15) is 16.9 Å². The Hall–Kier alpha value is -3.67. The topological polar surface area (TPSA) is 75.0 Å². The molecule has 0 bridgehead atoms. The Morgan fingerprint density at radius 3 is 2.93 bits per heavy atom. The zero-order chi connectivity index (χ0) is 18.2. The largest absolute Gasteiger partial charge is 0.465 e. The molecule has 5 rings (SSSR count). The molecule has 4 aromatic rings. The van der Waals surface area contributed by atoms with Crippen LogP contribution in [0.3, 0.4) is 0 Å². The van der Waals surface area contributed by atoms with Crippen molar-refractivity contribution in [3.63, 3.8) is 0 Å². The number of nitrogens with one attached hydrogen (secondary N) is 1. The molecule has 6 nitrogen and oxygen atoms in total. The van der Waals surface area contributed by atoms with Crippen LogP contribution >= 0.6 is 0 Å². The van der Waals surface area contributed by atoms with E-state index in [0.717, 1.165) is 30.0 Å². The number of hydrogen-bond donors (Lipinski definition) is 1. The van der Waals surface area contributed by atoms with Crippen LogP contribution in [-0.4, -0.2) is 21.5 Å². The molecule has 1 aliphatic heterocycles. The van der Waals surface area contributed by atoms with Gasteiger partial charge in [0.25, 0.3) is 5.56 Å². The van der Waals surface area contributed by atoms with E-state index < -0.39 is 0 Å². The van der Waals surface area contributed by atoms with E-state index in [2.05, 4.69) is 21.0 Å². The monoisotopic (exact) mass is 356 g/mol. The minimum Gasteiger partial charge on any atom is -0.465 e. The molecule has 6 heteroatoms. The molecule has 0 spiro atoms. The van der Waals surface area contributed by atoms with Gasteiger partial charge in [0.15, 0.2) is 5.65 Å². The second-order valence-electron chi connectivity index (χ2n) is 6.37. The number of hydrogen-bond acceptors (Lipinski definition) is 5. The van der Waals surface area contributed by atoms with Gasteiger partial charge in [0.05, 0.1) is 11.6 Å². The van der Waals surface area contributed by atoms with Crippen molar-refractivity contribution in [3.05, 3.63) is 82.2 Å². The maximum Gasteiger partial charge on any atom is 0.262 e. The first-order valence-corrected chi connectivity index (χ1v) is 8.76. The van der Waals surface area contributed by atoms with Crippen molar-refractivity contribution in [1.82, 2.24) is 15.0 Å². The van der Waals surface area contributed by atoms with Gasteiger partial charge in [-0.1, -0.05) is 24.3 Å². The van der Waals surface area contributed by atoms with Gasteiger partial charge in [-0.3, -0.25) is 9.78 Å². The first kappa shape index (κ1) is 15.6. The third kappa shape index (κ3) is 2.71. The number of fused-ring (bicyclic) bond motifs is 2. The first-order valence-electron chi connectivity index (χ1n) is 8.76. The molecule has 0 saturated carbocycles. The summed E-state index contributed by atoms with van der Waals surface area (Å²) in [6.45, 7) is 0.784. The van der Waals surface area contributed by atoms with Gasteiger partial charge in [0, 0.05) is 18.4 Å². The third-order valence-electron chi connectivity index (χ3n) is 4.74. The minimum atomic E-state index is -0.202. The molecule has 132 valence electrons. The molecule has 0 radical (unpaired) electrons. The number of aromatic nitrogens is 3. The molecule has 1 N–H and O–H groups in total. The lowest BCUT2D eigenvalue weighted by Gasteiger charge is -2.17. The first-order chi connectivity index (χ1) is 13.3. The zero-order valence-electron chi connectivity index (χ0n) is 14.4. The molecule has 4 heterocycles. The van der Waals surface area contributed by atoms with Gasteiger partial charge in [-0.15, -0.1) is 0 Å². The van der Waals surface area contributed by atoms with Gasteiger partial charge in [-0.25, -0.2) is 4.98 Å². The molecule has 3 aromatic heterocycles. The minimum absolute atomic E-state index is 0.202. The molecule has 1 aliphatic rings. The fraction of sp³-hybridized carbons (Fsp3) is 0.0952.